The van der Waals surface area contributed by atoms with Gasteiger partial charge in [-0.25, -0.2) is 14.1 Å². The Morgan fingerprint density at radius 3 is 1.80 bits per heavy atom. The predicted octanol–water partition coefficient (Wildman–Crippen LogP) is 15.6. The van der Waals surface area contributed by atoms with E-state index < -0.39 is 0 Å². The summed E-state index contributed by atoms with van der Waals surface area (Å²) in [5.74, 6) is 0.839. The molecule has 0 atom stereocenters. The molecule has 0 radical (unpaired) electrons. The Balaban J connectivity index is 0.00000511. The van der Waals surface area contributed by atoms with E-state index in [-0.39, 0.29) is 26.6 Å². The van der Waals surface area contributed by atoms with Crippen molar-refractivity contribution in [2.24, 2.45) is 0 Å². The Bertz CT molecular complexity index is 3480. The molecule has 11 aromatic rings. The van der Waals surface area contributed by atoms with Gasteiger partial charge in [0.1, 0.15) is 5.82 Å². The fourth-order valence-corrected chi connectivity index (χ4v) is 9.63. The van der Waals surface area contributed by atoms with Gasteiger partial charge in [0, 0.05) is 61.7 Å². The molecule has 6 heteroatoms. The molecule has 0 unspecified atom stereocenters. The molecular formula is C60H48N5Pt-. The molecule has 3 heterocycles. The number of fused-ring (bicyclic) bond motifs is 4. The summed E-state index contributed by atoms with van der Waals surface area (Å²) in [6, 6.07) is 75.1. The summed E-state index contributed by atoms with van der Waals surface area (Å²) < 4.78 is 6.90. The number of aryl methyl sites for hydroxylation is 2. The van der Waals surface area contributed by atoms with Crippen molar-refractivity contribution in [2.75, 3.05) is 4.90 Å². The maximum atomic E-state index is 5.07. The fourth-order valence-electron chi connectivity index (χ4n) is 9.63. The van der Waals surface area contributed by atoms with Crippen LogP contribution in [-0.4, -0.2) is 18.7 Å². The minimum absolute atomic E-state index is 0. The van der Waals surface area contributed by atoms with Gasteiger partial charge in [-0.05, 0) is 104 Å². The smallest absolute Gasteiger partial charge is 0.188 e. The van der Waals surface area contributed by atoms with E-state index >= 15 is 0 Å². The molecule has 11 rings (SSSR count). The topological polar surface area (TPSA) is 30.9 Å². The molecule has 0 saturated heterocycles. The van der Waals surface area contributed by atoms with Crippen LogP contribution in [0.2, 0.25) is 0 Å². The number of benzene rings is 8. The molecule has 0 amide bonds. The Morgan fingerprint density at radius 1 is 0.530 bits per heavy atom. The molecule has 8 aromatic carbocycles. The first-order chi connectivity index (χ1) is 31.7. The van der Waals surface area contributed by atoms with E-state index in [0.717, 1.165) is 83.7 Å². The van der Waals surface area contributed by atoms with Crippen molar-refractivity contribution < 1.29 is 21.1 Å². The molecule has 0 aliphatic rings. The molecule has 66 heavy (non-hydrogen) atoms. The Labute approximate surface area is 401 Å². The Morgan fingerprint density at radius 2 is 1.12 bits per heavy atom. The van der Waals surface area contributed by atoms with Crippen LogP contribution in [0, 0.1) is 26.0 Å². The van der Waals surface area contributed by atoms with Crippen LogP contribution in [0.1, 0.15) is 31.9 Å². The Hall–Kier alpha value is -7.33. The first kappa shape index (κ1) is 42.6. The molecule has 0 aliphatic heterocycles. The van der Waals surface area contributed by atoms with Crippen molar-refractivity contribution in [2.45, 2.75) is 40.2 Å². The van der Waals surface area contributed by atoms with Gasteiger partial charge in [-0.1, -0.05) is 138 Å². The summed E-state index contributed by atoms with van der Waals surface area (Å²) in [5, 5.41) is 2.25. The Kier molecular flexibility index (Phi) is 11.1. The zero-order chi connectivity index (χ0) is 44.2. The monoisotopic (exact) mass is 1030 g/mol. The van der Waals surface area contributed by atoms with Crippen LogP contribution in [0.4, 0.5) is 17.1 Å². The quantitative estimate of drug-likeness (QED) is 0.142. The van der Waals surface area contributed by atoms with E-state index in [2.05, 4.69) is 260 Å². The zero-order valence-electron chi connectivity index (χ0n) is 37.6. The van der Waals surface area contributed by atoms with E-state index in [1.807, 2.05) is 6.20 Å². The second-order valence-corrected chi connectivity index (χ2v) is 17.8. The predicted molar refractivity (Wildman–Crippen MR) is 271 cm³/mol. The largest absolute Gasteiger partial charge is 0.357 e. The van der Waals surface area contributed by atoms with Crippen LogP contribution in [0.25, 0.3) is 77.7 Å². The maximum absolute atomic E-state index is 5.07. The number of hydrogen-bond acceptors (Lipinski definition) is 2. The molecule has 0 saturated carbocycles. The summed E-state index contributed by atoms with van der Waals surface area (Å²) in [6.45, 7) is 11.1. The van der Waals surface area contributed by atoms with E-state index in [1.54, 1.807) is 0 Å². The first-order valence-corrected chi connectivity index (χ1v) is 22.3. The number of aromatic nitrogens is 4. The third-order valence-electron chi connectivity index (χ3n) is 12.6. The molecule has 5 nitrogen and oxygen atoms in total. The van der Waals surface area contributed by atoms with Gasteiger partial charge in [-0.15, -0.1) is 29.7 Å². The molecule has 3 aromatic heterocycles. The fraction of sp³-hybridized carbons (Fsp3) is 0.100. The van der Waals surface area contributed by atoms with Crippen molar-refractivity contribution in [1.82, 2.24) is 18.7 Å². The molecular weight excluding hydrogens is 986 g/mol. The van der Waals surface area contributed by atoms with E-state index in [9.17, 15) is 0 Å². The van der Waals surface area contributed by atoms with Crippen LogP contribution in [0.5, 0.6) is 0 Å². The number of hydrogen-bond donors (Lipinski definition) is 0. The third kappa shape index (κ3) is 7.44. The molecule has 0 bridgehead atoms. The molecule has 324 valence electrons. The molecule has 0 aliphatic carbocycles. The number of imidazole rings is 1. The zero-order valence-corrected chi connectivity index (χ0v) is 39.9. The number of rotatable bonds is 8. The van der Waals surface area contributed by atoms with Crippen LogP contribution in [0.15, 0.2) is 201 Å². The van der Waals surface area contributed by atoms with Gasteiger partial charge in [0.15, 0.2) is 17.4 Å². The minimum atomic E-state index is -0.135. The first-order valence-electron chi connectivity index (χ1n) is 22.3. The number of anilines is 3. The summed E-state index contributed by atoms with van der Waals surface area (Å²) >= 11 is 0. The van der Waals surface area contributed by atoms with Gasteiger partial charge in [0.2, 0.25) is 0 Å². The molecule has 0 N–H and O–H groups in total. The van der Waals surface area contributed by atoms with Crippen molar-refractivity contribution in [3.8, 4) is 44.9 Å². The van der Waals surface area contributed by atoms with Crippen LogP contribution < -0.4 is 4.90 Å². The van der Waals surface area contributed by atoms with Crippen LogP contribution in [0.3, 0.4) is 0 Å². The normalized spacial score (nSPS) is 11.6. The van der Waals surface area contributed by atoms with Crippen molar-refractivity contribution in [3.63, 3.8) is 0 Å². The van der Waals surface area contributed by atoms with Gasteiger partial charge in [0.05, 0.1) is 11.2 Å². The molecule has 0 fully saturated rings. The average Bonchev–Trinajstić information content (AvgIpc) is 3.89. The van der Waals surface area contributed by atoms with Gasteiger partial charge in [-0.3, -0.25) is 0 Å². The molecule has 0 spiro atoms. The average molecular weight is 1030 g/mol. The summed E-state index contributed by atoms with van der Waals surface area (Å²) in [4.78, 5) is 7.43. The van der Waals surface area contributed by atoms with E-state index in [0.29, 0.717) is 0 Å². The third-order valence-corrected chi connectivity index (χ3v) is 12.6. The summed E-state index contributed by atoms with van der Waals surface area (Å²) in [5.41, 5.74) is 17.2. The number of para-hydroxylation sites is 4. The van der Waals surface area contributed by atoms with E-state index in [4.69, 9.17) is 4.98 Å². The summed E-state index contributed by atoms with van der Waals surface area (Å²) in [7, 11) is 0. The van der Waals surface area contributed by atoms with Crippen LogP contribution in [-0.2, 0) is 26.6 Å². The van der Waals surface area contributed by atoms with Crippen molar-refractivity contribution in [3.05, 3.63) is 224 Å². The number of nitrogens with zero attached hydrogens (tertiary/aromatic N) is 5. The summed E-state index contributed by atoms with van der Waals surface area (Å²) in [6.07, 6.45) is 4.15. The standard InChI is InChI=1S/C60H48N5.Pt/c1-41-19-16-20-42(2)58(41)45-35-36-61-57(37-45)65-53-30-13-12-27-51(53)52-34-33-48(39-56(52)65)64(59-49(43-21-8-6-9-22-43)28-18-29-50(59)44-23-10-7-11-24-44)47-26-17-25-46(38-47)62-40-63(60(3,4)5)55-32-15-14-31-54(55)62;/h6-37,40H,1-5H3;/q-1;. The SMILES string of the molecule is Cc1cccc(C)c1-c1ccnc(-n2c3[c-]c(N(c4[c-]c(-n5[cH+]n(C(C)(C)C)c6ccccc65)ccc4)c4c(-c5ccccc5)cccc4-c4ccccc4)ccc3c3ccccc32)c1.[Pt]. The van der Waals surface area contributed by atoms with Gasteiger partial charge < -0.3 is 9.47 Å². The van der Waals surface area contributed by atoms with Crippen molar-refractivity contribution >= 4 is 49.9 Å². The number of pyridine rings is 1. The maximum Gasteiger partial charge on any atom is 0.188 e. The van der Waals surface area contributed by atoms with Gasteiger partial charge >= 0.3 is 0 Å². The minimum Gasteiger partial charge on any atom is -0.357 e. The second kappa shape index (κ2) is 17.2. The van der Waals surface area contributed by atoms with E-state index in [1.165, 1.54) is 22.2 Å². The van der Waals surface area contributed by atoms with Gasteiger partial charge in [-0.2, -0.15) is 12.1 Å². The van der Waals surface area contributed by atoms with Crippen molar-refractivity contribution in [1.29, 1.82) is 0 Å². The second-order valence-electron chi connectivity index (χ2n) is 17.8. The van der Waals surface area contributed by atoms with Gasteiger partial charge in [0.25, 0.3) is 0 Å². The van der Waals surface area contributed by atoms with Crippen LogP contribution >= 0.6 is 0 Å².